The van der Waals surface area contributed by atoms with Gasteiger partial charge >= 0.3 is 0 Å². The van der Waals surface area contributed by atoms with Crippen LogP contribution in [-0.4, -0.2) is 36.0 Å². The van der Waals surface area contributed by atoms with Crippen molar-refractivity contribution in [2.45, 2.75) is 32.7 Å². The monoisotopic (exact) mass is 263 g/mol. The van der Waals surface area contributed by atoms with Crippen molar-refractivity contribution in [3.8, 4) is 0 Å². The Hall–Kier alpha value is -1.62. The lowest BCUT2D eigenvalue weighted by molar-refractivity contribution is -0.385. The van der Waals surface area contributed by atoms with Gasteiger partial charge in [0.15, 0.2) is 0 Å². The third kappa shape index (κ3) is 3.23. The summed E-state index contributed by atoms with van der Waals surface area (Å²) in [6, 6.07) is 3.98. The van der Waals surface area contributed by atoms with Gasteiger partial charge in [0, 0.05) is 29.9 Å². The summed E-state index contributed by atoms with van der Waals surface area (Å²) in [5, 5.41) is 14.4. The van der Waals surface area contributed by atoms with Crippen LogP contribution in [0, 0.1) is 24.0 Å². The Bertz CT molecular complexity index is 488. The van der Waals surface area contributed by atoms with Gasteiger partial charge in [-0.1, -0.05) is 0 Å². The van der Waals surface area contributed by atoms with E-state index in [-0.39, 0.29) is 10.6 Å². The van der Waals surface area contributed by atoms with Gasteiger partial charge in [0.25, 0.3) is 5.69 Å². The van der Waals surface area contributed by atoms with Crippen LogP contribution in [0.4, 0.5) is 11.4 Å². The fourth-order valence-corrected chi connectivity index (χ4v) is 2.66. The largest absolute Gasteiger partial charge is 0.381 e. The lowest BCUT2D eigenvalue weighted by Gasteiger charge is -2.31. The third-order valence-electron chi connectivity index (χ3n) is 3.72. The number of anilines is 1. The van der Waals surface area contributed by atoms with Crippen LogP contribution < -0.4 is 5.32 Å². The molecule has 1 aromatic carbocycles. The number of hydrogen-bond donors (Lipinski definition) is 1. The van der Waals surface area contributed by atoms with Crippen molar-refractivity contribution in [3.63, 3.8) is 0 Å². The van der Waals surface area contributed by atoms with Crippen molar-refractivity contribution in [2.75, 3.05) is 25.5 Å². The summed E-state index contributed by atoms with van der Waals surface area (Å²) in [6.45, 7) is 5.88. The van der Waals surface area contributed by atoms with Gasteiger partial charge in [0.2, 0.25) is 0 Å². The van der Waals surface area contributed by atoms with E-state index in [2.05, 4.69) is 17.3 Å². The highest BCUT2D eigenvalue weighted by molar-refractivity contribution is 5.59. The molecule has 1 aliphatic heterocycles. The Kier molecular flexibility index (Phi) is 4.04. The lowest BCUT2D eigenvalue weighted by Crippen LogP contribution is -2.39. The van der Waals surface area contributed by atoms with Gasteiger partial charge in [-0.15, -0.1) is 0 Å². The maximum Gasteiger partial charge on any atom is 0.272 e. The van der Waals surface area contributed by atoms with Gasteiger partial charge in [0.05, 0.1) is 4.92 Å². The van der Waals surface area contributed by atoms with Gasteiger partial charge in [-0.25, -0.2) is 0 Å². The summed E-state index contributed by atoms with van der Waals surface area (Å²) in [5.41, 5.74) is 2.86. The zero-order valence-electron chi connectivity index (χ0n) is 11.8. The fourth-order valence-electron chi connectivity index (χ4n) is 2.66. The van der Waals surface area contributed by atoms with Gasteiger partial charge in [-0.3, -0.25) is 10.1 Å². The summed E-state index contributed by atoms with van der Waals surface area (Å²) >= 11 is 0. The van der Waals surface area contributed by atoms with Crippen molar-refractivity contribution >= 4 is 11.4 Å². The smallest absolute Gasteiger partial charge is 0.272 e. The molecule has 1 aliphatic rings. The van der Waals surface area contributed by atoms with Crippen LogP contribution >= 0.6 is 0 Å². The zero-order valence-corrected chi connectivity index (χ0v) is 11.8. The number of aryl methyl sites for hydroxylation is 2. The van der Waals surface area contributed by atoms with Crippen molar-refractivity contribution in [3.05, 3.63) is 33.4 Å². The predicted molar refractivity (Wildman–Crippen MR) is 76.7 cm³/mol. The number of nitro benzene ring substituents is 1. The second-order valence-corrected chi connectivity index (χ2v) is 5.46. The number of benzene rings is 1. The second kappa shape index (κ2) is 5.57. The molecule has 0 amide bonds. The first-order valence-electron chi connectivity index (χ1n) is 6.68. The molecule has 1 atom stereocenters. The van der Waals surface area contributed by atoms with Crippen LogP contribution in [0.3, 0.4) is 0 Å². The standard InChI is InChI=1S/C14H21N3O2/c1-10-8-14(17(18)19)11(2)7-13(10)15-12-5-4-6-16(3)9-12/h7-8,12,15H,4-6,9H2,1-3H3. The molecular formula is C14H21N3O2. The Morgan fingerprint density at radius 1 is 1.37 bits per heavy atom. The Morgan fingerprint density at radius 2 is 2.11 bits per heavy atom. The number of likely N-dealkylation sites (N-methyl/N-ethyl adjacent to an activating group) is 1. The highest BCUT2D eigenvalue weighted by Crippen LogP contribution is 2.27. The number of rotatable bonds is 3. The summed E-state index contributed by atoms with van der Waals surface area (Å²) in [4.78, 5) is 12.9. The van der Waals surface area contributed by atoms with Crippen LogP contribution in [0.1, 0.15) is 24.0 Å². The number of nitrogens with one attached hydrogen (secondary N) is 1. The molecule has 1 fully saturated rings. The van der Waals surface area contributed by atoms with E-state index in [1.807, 2.05) is 13.0 Å². The van der Waals surface area contributed by atoms with E-state index in [0.717, 1.165) is 30.8 Å². The molecule has 5 heteroatoms. The number of likely N-dealkylation sites (tertiary alicyclic amines) is 1. The summed E-state index contributed by atoms with van der Waals surface area (Å²) in [5.74, 6) is 0. The van der Waals surface area contributed by atoms with Crippen molar-refractivity contribution in [1.29, 1.82) is 0 Å². The quantitative estimate of drug-likeness (QED) is 0.673. The van der Waals surface area contributed by atoms with Crippen molar-refractivity contribution in [2.24, 2.45) is 0 Å². The molecule has 2 rings (SSSR count). The van der Waals surface area contributed by atoms with E-state index in [0.29, 0.717) is 11.6 Å². The molecule has 0 aromatic heterocycles. The summed E-state index contributed by atoms with van der Waals surface area (Å²) in [7, 11) is 2.13. The minimum atomic E-state index is -0.319. The summed E-state index contributed by atoms with van der Waals surface area (Å²) in [6.07, 6.45) is 2.35. The maximum absolute atomic E-state index is 10.9. The lowest BCUT2D eigenvalue weighted by atomic mass is 10.0. The van der Waals surface area contributed by atoms with Gasteiger partial charge < -0.3 is 10.2 Å². The average molecular weight is 263 g/mol. The third-order valence-corrected chi connectivity index (χ3v) is 3.72. The molecule has 104 valence electrons. The molecule has 0 bridgehead atoms. The first-order valence-corrected chi connectivity index (χ1v) is 6.68. The van der Waals surface area contributed by atoms with E-state index >= 15 is 0 Å². The first kappa shape index (κ1) is 13.8. The van der Waals surface area contributed by atoms with Crippen LogP contribution in [0.2, 0.25) is 0 Å². The van der Waals surface area contributed by atoms with Crippen LogP contribution in [0.5, 0.6) is 0 Å². The van der Waals surface area contributed by atoms with Crippen molar-refractivity contribution in [1.82, 2.24) is 4.90 Å². The highest BCUT2D eigenvalue weighted by Gasteiger charge is 2.19. The van der Waals surface area contributed by atoms with Crippen molar-refractivity contribution < 1.29 is 4.92 Å². The molecule has 1 heterocycles. The average Bonchev–Trinajstić information content (AvgIpc) is 2.33. The molecule has 1 saturated heterocycles. The molecule has 1 aromatic rings. The Labute approximate surface area is 113 Å². The number of nitrogens with zero attached hydrogens (tertiary/aromatic N) is 2. The number of piperidine rings is 1. The minimum absolute atomic E-state index is 0.198. The molecule has 1 unspecified atom stereocenters. The Balaban J connectivity index is 2.16. The van der Waals surface area contributed by atoms with E-state index in [9.17, 15) is 10.1 Å². The number of nitro groups is 1. The van der Waals surface area contributed by atoms with Gasteiger partial charge in [-0.05, 0) is 51.9 Å². The van der Waals surface area contributed by atoms with Crippen LogP contribution in [-0.2, 0) is 0 Å². The maximum atomic E-state index is 10.9. The van der Waals surface area contributed by atoms with Gasteiger partial charge in [0.1, 0.15) is 0 Å². The minimum Gasteiger partial charge on any atom is -0.381 e. The summed E-state index contributed by atoms with van der Waals surface area (Å²) < 4.78 is 0. The molecule has 0 spiro atoms. The first-order chi connectivity index (χ1) is 8.97. The zero-order chi connectivity index (χ0) is 14.0. The molecule has 0 saturated carbocycles. The predicted octanol–water partition coefficient (Wildman–Crippen LogP) is 2.72. The van der Waals surface area contributed by atoms with E-state index < -0.39 is 0 Å². The van der Waals surface area contributed by atoms with Gasteiger partial charge in [-0.2, -0.15) is 0 Å². The topological polar surface area (TPSA) is 58.4 Å². The van der Waals surface area contributed by atoms with E-state index in [1.54, 1.807) is 13.0 Å². The molecule has 5 nitrogen and oxygen atoms in total. The molecule has 0 radical (unpaired) electrons. The van der Waals surface area contributed by atoms with Crippen LogP contribution in [0.15, 0.2) is 12.1 Å². The molecular weight excluding hydrogens is 242 g/mol. The highest BCUT2D eigenvalue weighted by atomic mass is 16.6. The fraction of sp³-hybridized carbons (Fsp3) is 0.571. The number of hydrogen-bond acceptors (Lipinski definition) is 4. The normalized spacial score (nSPS) is 20.3. The van der Waals surface area contributed by atoms with E-state index in [4.69, 9.17) is 0 Å². The molecule has 0 aliphatic carbocycles. The second-order valence-electron chi connectivity index (χ2n) is 5.46. The molecule has 1 N–H and O–H groups in total. The van der Waals surface area contributed by atoms with Crippen LogP contribution in [0.25, 0.3) is 0 Å². The Morgan fingerprint density at radius 3 is 2.74 bits per heavy atom. The molecule has 19 heavy (non-hydrogen) atoms. The SMILES string of the molecule is Cc1cc([N+](=O)[O-])c(C)cc1NC1CCCN(C)C1. The van der Waals surface area contributed by atoms with E-state index in [1.165, 1.54) is 6.42 Å².